The van der Waals surface area contributed by atoms with Gasteiger partial charge < -0.3 is 5.32 Å². The lowest BCUT2D eigenvalue weighted by atomic mass is 9.77. The molecule has 2 aliphatic heterocycles. The molecule has 0 aliphatic carbocycles. The molecule has 1 N–H and O–H groups in total. The van der Waals surface area contributed by atoms with Gasteiger partial charge in [-0.3, -0.25) is 9.67 Å². The van der Waals surface area contributed by atoms with E-state index in [2.05, 4.69) is 39.2 Å². The van der Waals surface area contributed by atoms with Crippen LogP contribution in [0.4, 0.5) is 0 Å². The van der Waals surface area contributed by atoms with Crippen molar-refractivity contribution in [3.8, 4) is 11.3 Å². The highest BCUT2D eigenvalue weighted by atomic mass is 15.3. The molecule has 0 atom stereocenters. The van der Waals surface area contributed by atoms with Gasteiger partial charge in [0.2, 0.25) is 0 Å². The second-order valence-electron chi connectivity index (χ2n) is 6.19. The van der Waals surface area contributed by atoms with Crippen LogP contribution in [0.5, 0.6) is 0 Å². The lowest BCUT2D eigenvalue weighted by molar-refractivity contribution is 0.276. The Labute approximate surface area is 122 Å². The van der Waals surface area contributed by atoms with Crippen molar-refractivity contribution >= 4 is 10.9 Å². The average Bonchev–Trinajstić information content (AvgIpc) is 3.04. The Morgan fingerprint density at radius 2 is 2.05 bits per heavy atom. The van der Waals surface area contributed by atoms with Gasteiger partial charge in [0.05, 0.1) is 11.2 Å². The zero-order chi connectivity index (χ0) is 13.9. The minimum Gasteiger partial charge on any atom is -0.315 e. The summed E-state index contributed by atoms with van der Waals surface area (Å²) in [6, 6.07) is 12.7. The molecule has 0 bridgehead atoms. The van der Waals surface area contributed by atoms with Crippen molar-refractivity contribution in [3.05, 3.63) is 48.3 Å². The highest BCUT2D eigenvalue weighted by Crippen LogP contribution is 2.39. The van der Waals surface area contributed by atoms with Crippen LogP contribution >= 0.6 is 0 Å². The van der Waals surface area contributed by atoms with E-state index in [4.69, 9.17) is 5.10 Å². The first kappa shape index (κ1) is 11.5. The highest BCUT2D eigenvalue weighted by molar-refractivity contribution is 5.82. The molecule has 1 aromatic carbocycles. The van der Waals surface area contributed by atoms with Gasteiger partial charge in [0.25, 0.3) is 0 Å². The smallest absolute Gasteiger partial charge is 0.0942 e. The molecule has 5 rings (SSSR count). The van der Waals surface area contributed by atoms with E-state index in [0.717, 1.165) is 36.4 Å². The first-order valence-electron chi connectivity index (χ1n) is 7.48. The van der Waals surface area contributed by atoms with E-state index in [1.165, 1.54) is 17.5 Å². The molecule has 0 saturated carbocycles. The SMILES string of the molecule is c1ccc2ncc(-c3cc4n(n3)CCC43CNC3)cc2c1. The Morgan fingerprint density at radius 1 is 1.14 bits per heavy atom. The van der Waals surface area contributed by atoms with Gasteiger partial charge in [-0.05, 0) is 24.6 Å². The minimum absolute atomic E-state index is 0.343. The lowest BCUT2D eigenvalue weighted by Gasteiger charge is -2.38. The van der Waals surface area contributed by atoms with Gasteiger partial charge in [0.15, 0.2) is 0 Å². The Bertz CT molecular complexity index is 845. The van der Waals surface area contributed by atoms with Crippen LogP contribution in [0.15, 0.2) is 42.6 Å². The number of aromatic nitrogens is 3. The minimum atomic E-state index is 0.343. The number of benzene rings is 1. The number of hydrogen-bond acceptors (Lipinski definition) is 3. The molecule has 1 spiro atoms. The van der Waals surface area contributed by atoms with Gasteiger partial charge in [0.1, 0.15) is 0 Å². The number of para-hydroxylation sites is 1. The van der Waals surface area contributed by atoms with Crippen molar-refractivity contribution in [1.82, 2.24) is 20.1 Å². The quantitative estimate of drug-likeness (QED) is 0.742. The highest BCUT2D eigenvalue weighted by Gasteiger charge is 2.45. The molecule has 0 unspecified atom stereocenters. The third kappa shape index (κ3) is 1.54. The summed E-state index contributed by atoms with van der Waals surface area (Å²) >= 11 is 0. The molecular formula is C17H16N4. The van der Waals surface area contributed by atoms with Crippen LogP contribution in [-0.2, 0) is 12.0 Å². The summed E-state index contributed by atoms with van der Waals surface area (Å²) in [6.07, 6.45) is 3.16. The zero-order valence-corrected chi connectivity index (χ0v) is 11.7. The predicted octanol–water partition coefficient (Wildman–Crippen LogP) is 2.34. The molecule has 1 saturated heterocycles. The molecule has 2 aromatic heterocycles. The third-order valence-corrected chi connectivity index (χ3v) is 4.94. The molecule has 4 nitrogen and oxygen atoms in total. The second kappa shape index (κ2) is 3.92. The first-order valence-corrected chi connectivity index (χ1v) is 7.48. The molecule has 4 heteroatoms. The van der Waals surface area contributed by atoms with Crippen molar-refractivity contribution in [1.29, 1.82) is 0 Å². The van der Waals surface area contributed by atoms with Gasteiger partial charge >= 0.3 is 0 Å². The van der Waals surface area contributed by atoms with E-state index in [-0.39, 0.29) is 0 Å². The van der Waals surface area contributed by atoms with Crippen molar-refractivity contribution in [2.45, 2.75) is 18.4 Å². The molecular weight excluding hydrogens is 260 g/mol. The number of nitrogens with one attached hydrogen (secondary N) is 1. The Kier molecular flexibility index (Phi) is 2.14. The Morgan fingerprint density at radius 3 is 2.90 bits per heavy atom. The summed E-state index contributed by atoms with van der Waals surface area (Å²) in [5.41, 5.74) is 4.93. The third-order valence-electron chi connectivity index (χ3n) is 4.94. The van der Waals surface area contributed by atoms with Crippen LogP contribution in [0, 0.1) is 0 Å². The van der Waals surface area contributed by atoms with Crippen molar-refractivity contribution in [3.63, 3.8) is 0 Å². The largest absolute Gasteiger partial charge is 0.315 e. The van der Waals surface area contributed by atoms with Crippen molar-refractivity contribution in [2.75, 3.05) is 13.1 Å². The summed E-state index contributed by atoms with van der Waals surface area (Å²) in [5, 5.41) is 9.37. The molecule has 21 heavy (non-hydrogen) atoms. The average molecular weight is 276 g/mol. The second-order valence-corrected chi connectivity index (χ2v) is 6.19. The summed E-state index contributed by atoms with van der Waals surface area (Å²) < 4.78 is 2.19. The van der Waals surface area contributed by atoms with Crippen LogP contribution in [0.2, 0.25) is 0 Å². The summed E-state index contributed by atoms with van der Waals surface area (Å²) in [4.78, 5) is 4.55. The van der Waals surface area contributed by atoms with E-state index >= 15 is 0 Å². The van der Waals surface area contributed by atoms with Crippen LogP contribution in [-0.4, -0.2) is 27.9 Å². The van der Waals surface area contributed by atoms with Gasteiger partial charge in [-0.25, -0.2) is 0 Å². The number of hydrogen-bond donors (Lipinski definition) is 1. The summed E-state index contributed by atoms with van der Waals surface area (Å²) in [6.45, 7) is 3.22. The van der Waals surface area contributed by atoms with Gasteiger partial charge in [-0.2, -0.15) is 5.10 Å². The lowest BCUT2D eigenvalue weighted by Crippen LogP contribution is -2.55. The zero-order valence-electron chi connectivity index (χ0n) is 11.7. The normalized spacial score (nSPS) is 18.9. The van der Waals surface area contributed by atoms with E-state index in [1.807, 2.05) is 18.3 Å². The van der Waals surface area contributed by atoms with Crippen molar-refractivity contribution < 1.29 is 0 Å². The summed E-state index contributed by atoms with van der Waals surface area (Å²) in [5.74, 6) is 0. The summed E-state index contributed by atoms with van der Waals surface area (Å²) in [7, 11) is 0. The molecule has 0 radical (unpaired) electrons. The van der Waals surface area contributed by atoms with Crippen LogP contribution in [0.25, 0.3) is 22.2 Å². The maximum atomic E-state index is 4.79. The number of fused-ring (bicyclic) bond motifs is 3. The fourth-order valence-electron chi connectivity index (χ4n) is 3.60. The van der Waals surface area contributed by atoms with Gasteiger partial charge in [0, 0.05) is 47.9 Å². The number of aryl methyl sites for hydroxylation is 1. The van der Waals surface area contributed by atoms with Gasteiger partial charge in [-0.15, -0.1) is 0 Å². The first-order chi connectivity index (χ1) is 10.3. The maximum Gasteiger partial charge on any atom is 0.0942 e. The fraction of sp³-hybridized carbons (Fsp3) is 0.294. The molecule has 1 fully saturated rings. The molecule has 3 aromatic rings. The monoisotopic (exact) mass is 276 g/mol. The topological polar surface area (TPSA) is 42.7 Å². The molecule has 2 aliphatic rings. The molecule has 0 amide bonds. The standard InChI is InChI=1S/C17H16N4/c1-2-4-14-12(3-1)7-13(9-19-14)15-8-16-17(10-18-11-17)5-6-21(16)20-15/h1-4,7-9,18H,5-6,10-11H2. The van der Waals surface area contributed by atoms with Crippen LogP contribution in [0.3, 0.4) is 0 Å². The van der Waals surface area contributed by atoms with E-state index in [0.29, 0.717) is 5.41 Å². The number of pyridine rings is 1. The van der Waals surface area contributed by atoms with Crippen molar-refractivity contribution in [2.24, 2.45) is 0 Å². The Balaban J connectivity index is 1.62. The molecule has 104 valence electrons. The van der Waals surface area contributed by atoms with Gasteiger partial charge in [-0.1, -0.05) is 18.2 Å². The Hall–Kier alpha value is -2.20. The van der Waals surface area contributed by atoms with E-state index in [1.54, 1.807) is 0 Å². The number of rotatable bonds is 1. The maximum absolute atomic E-state index is 4.79. The van der Waals surface area contributed by atoms with Crippen LogP contribution in [0.1, 0.15) is 12.1 Å². The van der Waals surface area contributed by atoms with E-state index < -0.39 is 0 Å². The number of nitrogens with zero attached hydrogens (tertiary/aromatic N) is 3. The van der Waals surface area contributed by atoms with Crippen LogP contribution < -0.4 is 5.32 Å². The van der Waals surface area contributed by atoms with E-state index in [9.17, 15) is 0 Å². The predicted molar refractivity (Wildman–Crippen MR) is 82.1 cm³/mol. The molecule has 4 heterocycles. The fourth-order valence-corrected chi connectivity index (χ4v) is 3.60.